The van der Waals surface area contributed by atoms with Crippen molar-refractivity contribution in [1.82, 2.24) is 25.4 Å². The molecule has 9 nitrogen and oxygen atoms in total. The number of nitrogens with one attached hydrogen (secondary N) is 3. The average Bonchev–Trinajstić information content (AvgIpc) is 3.49. The number of carbonyl (C=O) groups excluding carboxylic acids is 3. The fraction of sp³-hybridized carbons (Fsp3) is 0.435. The van der Waals surface area contributed by atoms with Crippen molar-refractivity contribution < 1.29 is 23.9 Å². The number of aliphatic hydroxyl groups is 1. The minimum Gasteiger partial charge on any atom is -0.394 e. The van der Waals surface area contributed by atoms with Crippen molar-refractivity contribution in [2.45, 2.75) is 38.4 Å². The van der Waals surface area contributed by atoms with Crippen molar-refractivity contribution in [3.63, 3.8) is 0 Å². The van der Waals surface area contributed by atoms with E-state index in [0.29, 0.717) is 24.0 Å². The van der Waals surface area contributed by atoms with Crippen LogP contribution in [0.15, 0.2) is 30.1 Å². The topological polar surface area (TPSA) is 118 Å². The van der Waals surface area contributed by atoms with Crippen LogP contribution in [0.25, 0.3) is 16.5 Å². The first kappa shape index (κ1) is 22.9. The Morgan fingerprint density at radius 1 is 1.33 bits per heavy atom. The van der Waals surface area contributed by atoms with Crippen molar-refractivity contribution in [3.05, 3.63) is 41.5 Å². The Morgan fingerprint density at radius 2 is 2.09 bits per heavy atom. The van der Waals surface area contributed by atoms with Gasteiger partial charge in [0.1, 0.15) is 11.9 Å². The summed E-state index contributed by atoms with van der Waals surface area (Å²) in [6.45, 7) is 3.21. The van der Waals surface area contributed by atoms with Gasteiger partial charge in [-0.2, -0.15) is 0 Å². The number of rotatable bonds is 6. The zero-order valence-electron chi connectivity index (χ0n) is 18.8. The van der Waals surface area contributed by atoms with Gasteiger partial charge in [0.05, 0.1) is 18.7 Å². The van der Waals surface area contributed by atoms with E-state index in [9.17, 15) is 23.9 Å². The van der Waals surface area contributed by atoms with Gasteiger partial charge in [0, 0.05) is 53.9 Å². The molecular weight excluding hydrogens is 429 g/mol. The summed E-state index contributed by atoms with van der Waals surface area (Å²) in [4.78, 5) is 44.4. The zero-order chi connectivity index (χ0) is 23.9. The molecule has 2 aliphatic heterocycles. The van der Waals surface area contributed by atoms with Gasteiger partial charge in [-0.25, -0.2) is 4.39 Å². The SMILES string of the molecule is CNC(C)C(=O)NC(CO)C(=O)N1CCC2C1=C(c1c[nH]c3ccc(F)cc13)CN2C(C)=O. The first-order valence-electron chi connectivity index (χ1n) is 10.9. The van der Waals surface area contributed by atoms with Crippen molar-refractivity contribution in [2.24, 2.45) is 0 Å². The number of H-pyrrole nitrogens is 1. The van der Waals surface area contributed by atoms with Crippen molar-refractivity contribution >= 4 is 34.2 Å². The lowest BCUT2D eigenvalue weighted by Gasteiger charge is -2.26. The third-order valence-electron chi connectivity index (χ3n) is 6.51. The number of aliphatic hydroxyl groups excluding tert-OH is 1. The quantitative estimate of drug-likeness (QED) is 0.506. The van der Waals surface area contributed by atoms with Gasteiger partial charge < -0.3 is 30.5 Å². The molecule has 3 heterocycles. The van der Waals surface area contributed by atoms with Gasteiger partial charge in [0.25, 0.3) is 5.91 Å². The molecule has 1 fully saturated rings. The van der Waals surface area contributed by atoms with Crippen LogP contribution >= 0.6 is 0 Å². The van der Waals surface area contributed by atoms with Crippen LogP contribution in [0.2, 0.25) is 0 Å². The van der Waals surface area contributed by atoms with E-state index >= 15 is 0 Å². The maximum Gasteiger partial charge on any atom is 0.251 e. The Kier molecular flexibility index (Phi) is 6.22. The van der Waals surface area contributed by atoms with E-state index < -0.39 is 30.5 Å². The molecule has 33 heavy (non-hydrogen) atoms. The van der Waals surface area contributed by atoms with E-state index in [4.69, 9.17) is 0 Å². The number of hydrogen-bond donors (Lipinski definition) is 4. The minimum atomic E-state index is -1.12. The fourth-order valence-electron chi connectivity index (χ4n) is 4.64. The zero-order valence-corrected chi connectivity index (χ0v) is 18.8. The summed E-state index contributed by atoms with van der Waals surface area (Å²) in [5.41, 5.74) is 2.88. The molecule has 0 spiro atoms. The number of fused-ring (bicyclic) bond motifs is 2. The molecule has 3 atom stereocenters. The van der Waals surface area contributed by atoms with Gasteiger partial charge in [-0.1, -0.05) is 0 Å². The van der Waals surface area contributed by atoms with E-state index in [2.05, 4.69) is 15.6 Å². The maximum atomic E-state index is 14.0. The van der Waals surface area contributed by atoms with E-state index in [-0.39, 0.29) is 24.3 Å². The summed E-state index contributed by atoms with van der Waals surface area (Å²) >= 11 is 0. The molecule has 3 unspecified atom stereocenters. The Hall–Kier alpha value is -3.24. The van der Waals surface area contributed by atoms with Crippen LogP contribution in [0.4, 0.5) is 4.39 Å². The summed E-state index contributed by atoms with van der Waals surface area (Å²) in [6, 6.07) is 2.49. The highest BCUT2D eigenvalue weighted by Crippen LogP contribution is 2.42. The highest BCUT2D eigenvalue weighted by atomic mass is 19.1. The van der Waals surface area contributed by atoms with Gasteiger partial charge in [0.2, 0.25) is 11.8 Å². The molecule has 1 aromatic carbocycles. The van der Waals surface area contributed by atoms with Crippen molar-refractivity contribution in [2.75, 3.05) is 26.7 Å². The van der Waals surface area contributed by atoms with Gasteiger partial charge in [0.15, 0.2) is 0 Å². The number of likely N-dealkylation sites (tertiary alicyclic amines) is 1. The van der Waals surface area contributed by atoms with E-state index in [1.54, 1.807) is 36.0 Å². The van der Waals surface area contributed by atoms with Crippen LogP contribution in [0.5, 0.6) is 0 Å². The number of benzene rings is 1. The molecule has 4 N–H and O–H groups in total. The third kappa shape index (κ3) is 4.00. The van der Waals surface area contributed by atoms with Crippen LogP contribution < -0.4 is 10.6 Å². The number of hydrogen-bond acceptors (Lipinski definition) is 5. The second-order valence-corrected chi connectivity index (χ2v) is 8.45. The number of likely N-dealkylation sites (N-methyl/N-ethyl adjacent to an activating group) is 1. The van der Waals surface area contributed by atoms with E-state index in [1.165, 1.54) is 19.1 Å². The van der Waals surface area contributed by atoms with E-state index in [0.717, 1.165) is 16.7 Å². The molecule has 0 bridgehead atoms. The number of amides is 3. The fourth-order valence-corrected chi connectivity index (χ4v) is 4.64. The maximum absolute atomic E-state index is 14.0. The molecule has 2 aliphatic rings. The number of carbonyl (C=O) groups is 3. The van der Waals surface area contributed by atoms with Crippen LogP contribution in [-0.4, -0.2) is 82.5 Å². The van der Waals surface area contributed by atoms with Gasteiger partial charge in [-0.3, -0.25) is 14.4 Å². The molecule has 1 aromatic heterocycles. The predicted molar refractivity (Wildman–Crippen MR) is 120 cm³/mol. The van der Waals surface area contributed by atoms with Gasteiger partial charge in [-0.05, 0) is 38.6 Å². The highest BCUT2D eigenvalue weighted by molar-refractivity contribution is 5.98. The highest BCUT2D eigenvalue weighted by Gasteiger charge is 2.45. The molecule has 0 saturated carbocycles. The van der Waals surface area contributed by atoms with Crippen LogP contribution in [0, 0.1) is 5.82 Å². The Bertz CT molecular complexity index is 1140. The molecule has 0 aliphatic carbocycles. The van der Waals surface area contributed by atoms with Gasteiger partial charge >= 0.3 is 0 Å². The molecule has 1 saturated heterocycles. The number of nitrogens with zero attached hydrogens (tertiary/aromatic N) is 2. The lowest BCUT2D eigenvalue weighted by atomic mass is 10.0. The molecular formula is C23H28FN5O4. The van der Waals surface area contributed by atoms with Crippen LogP contribution in [-0.2, 0) is 14.4 Å². The minimum absolute atomic E-state index is 0.123. The number of aromatic amines is 1. The van der Waals surface area contributed by atoms with Crippen LogP contribution in [0.1, 0.15) is 25.8 Å². The predicted octanol–water partition coefficient (Wildman–Crippen LogP) is 0.566. The Balaban J connectivity index is 1.74. The Labute approximate surface area is 190 Å². The second-order valence-electron chi connectivity index (χ2n) is 8.45. The molecule has 176 valence electrons. The first-order valence-corrected chi connectivity index (χ1v) is 10.9. The third-order valence-corrected chi connectivity index (χ3v) is 6.51. The number of aromatic nitrogens is 1. The summed E-state index contributed by atoms with van der Waals surface area (Å²) in [5.74, 6) is -1.35. The lowest BCUT2D eigenvalue weighted by molar-refractivity contribution is -0.136. The van der Waals surface area contributed by atoms with Crippen molar-refractivity contribution in [1.29, 1.82) is 0 Å². The monoisotopic (exact) mass is 457 g/mol. The lowest BCUT2D eigenvalue weighted by Crippen LogP contribution is -2.53. The van der Waals surface area contributed by atoms with Gasteiger partial charge in [-0.15, -0.1) is 0 Å². The summed E-state index contributed by atoms with van der Waals surface area (Å²) < 4.78 is 14.0. The molecule has 3 amide bonds. The molecule has 2 aromatic rings. The standard InChI is InChI=1S/C23H28FN5O4/c1-12(25-3)22(32)27-19(11-30)23(33)28-7-6-20-21(28)17(10-29(20)13(2)31)16-9-26-18-5-4-14(24)8-15(16)18/h4-5,8-9,12,19-20,25-26,30H,6-7,10-11H2,1-3H3,(H,27,32). The van der Waals surface area contributed by atoms with Crippen molar-refractivity contribution in [3.8, 4) is 0 Å². The van der Waals surface area contributed by atoms with Crippen LogP contribution in [0.3, 0.4) is 0 Å². The smallest absolute Gasteiger partial charge is 0.251 e. The summed E-state index contributed by atoms with van der Waals surface area (Å²) in [7, 11) is 1.63. The molecule has 10 heteroatoms. The molecule has 0 radical (unpaired) electrons. The Morgan fingerprint density at radius 3 is 2.76 bits per heavy atom. The average molecular weight is 458 g/mol. The molecule has 4 rings (SSSR count). The first-order chi connectivity index (χ1) is 15.8. The number of halogens is 1. The van der Waals surface area contributed by atoms with E-state index in [1.807, 2.05) is 0 Å². The second kappa shape index (κ2) is 8.95. The largest absolute Gasteiger partial charge is 0.394 e. The normalized spacial score (nSPS) is 19.7. The summed E-state index contributed by atoms with van der Waals surface area (Å²) in [5, 5.41) is 15.9. The summed E-state index contributed by atoms with van der Waals surface area (Å²) in [6.07, 6.45) is 2.30.